The zero-order valence-corrected chi connectivity index (χ0v) is 19.5. The van der Waals surface area contributed by atoms with E-state index in [4.69, 9.17) is 0 Å². The molecule has 6 rings (SSSR count). The number of H-pyrrole nitrogens is 1. The predicted molar refractivity (Wildman–Crippen MR) is 139 cm³/mol. The van der Waals surface area contributed by atoms with Crippen LogP contribution in [0.2, 0.25) is 0 Å². The summed E-state index contributed by atoms with van der Waals surface area (Å²) in [7, 11) is 0. The summed E-state index contributed by atoms with van der Waals surface area (Å²) in [5.74, 6) is 0.290. The predicted octanol–water partition coefficient (Wildman–Crippen LogP) is 4.80. The zero-order chi connectivity index (χ0) is 24.6. The first-order valence-corrected chi connectivity index (χ1v) is 12.0. The van der Waals surface area contributed by atoms with E-state index in [-0.39, 0.29) is 23.7 Å². The number of aromatic amines is 1. The van der Waals surface area contributed by atoms with E-state index in [0.717, 1.165) is 47.7 Å². The zero-order valence-electron chi connectivity index (χ0n) is 19.5. The minimum atomic E-state index is 0.0221. The minimum absolute atomic E-state index is 0.0221. The lowest BCUT2D eigenvalue weighted by Crippen LogP contribution is -2.15. The van der Waals surface area contributed by atoms with E-state index in [9.17, 15) is 9.59 Å². The number of nitrogens with zero attached hydrogens (tertiary/aromatic N) is 3. The molecule has 2 aliphatic carbocycles. The first-order chi connectivity index (χ1) is 17.5. The Hall–Kier alpha value is -4.53. The van der Waals surface area contributed by atoms with E-state index in [1.54, 1.807) is 30.9 Å². The molecule has 3 heterocycles. The fourth-order valence-electron chi connectivity index (χ4n) is 4.08. The van der Waals surface area contributed by atoms with Crippen LogP contribution in [-0.4, -0.2) is 32.0 Å². The van der Waals surface area contributed by atoms with Crippen molar-refractivity contribution in [2.45, 2.75) is 25.7 Å². The van der Waals surface area contributed by atoms with Gasteiger partial charge in [-0.05, 0) is 55.5 Å². The lowest BCUT2D eigenvalue weighted by molar-refractivity contribution is -0.118. The smallest absolute Gasteiger partial charge is 0.227 e. The van der Waals surface area contributed by atoms with Crippen LogP contribution in [0, 0.1) is 11.8 Å². The summed E-state index contributed by atoms with van der Waals surface area (Å²) in [6.45, 7) is 4.19. The molecule has 2 saturated carbocycles. The first-order valence-electron chi connectivity index (χ1n) is 12.0. The third kappa shape index (κ3) is 4.55. The van der Waals surface area contributed by atoms with Gasteiger partial charge < -0.3 is 16.0 Å². The van der Waals surface area contributed by atoms with Crippen molar-refractivity contribution in [3.05, 3.63) is 67.4 Å². The van der Waals surface area contributed by atoms with Crippen LogP contribution in [0.15, 0.2) is 61.7 Å². The van der Waals surface area contributed by atoms with Gasteiger partial charge in [0.15, 0.2) is 0 Å². The summed E-state index contributed by atoms with van der Waals surface area (Å²) in [5.41, 5.74) is 5.88. The third-order valence-corrected chi connectivity index (χ3v) is 6.45. The molecule has 1 aromatic carbocycles. The van der Waals surface area contributed by atoms with Crippen molar-refractivity contribution in [3.63, 3.8) is 0 Å². The van der Waals surface area contributed by atoms with Crippen LogP contribution in [0.5, 0.6) is 0 Å². The number of carbonyl (C=O) groups is 2. The Morgan fingerprint density at radius 1 is 0.833 bits per heavy atom. The first kappa shape index (κ1) is 22.0. The van der Waals surface area contributed by atoms with Gasteiger partial charge in [0.2, 0.25) is 11.8 Å². The van der Waals surface area contributed by atoms with Crippen LogP contribution in [-0.2, 0) is 9.59 Å². The number of rotatable bonds is 8. The molecule has 3 aromatic heterocycles. The van der Waals surface area contributed by atoms with E-state index >= 15 is 0 Å². The SMILES string of the molecule is C=C(Nc1cnccc1NC(=O)C1CC1)c1n[nH]c2ccc(-c3cncc(NC(=O)C4CC4)c3)cc12. The Balaban J connectivity index is 1.25. The maximum atomic E-state index is 12.3. The van der Waals surface area contributed by atoms with Crippen LogP contribution in [0.1, 0.15) is 31.4 Å². The molecule has 0 radical (unpaired) electrons. The number of aromatic nitrogens is 4. The number of carbonyl (C=O) groups excluding carboxylic acids is 2. The highest BCUT2D eigenvalue weighted by Gasteiger charge is 2.30. The van der Waals surface area contributed by atoms with E-state index in [1.165, 1.54) is 0 Å². The van der Waals surface area contributed by atoms with E-state index in [1.807, 2.05) is 24.3 Å². The van der Waals surface area contributed by atoms with E-state index in [0.29, 0.717) is 28.5 Å². The average molecular weight is 480 g/mol. The highest BCUT2D eigenvalue weighted by molar-refractivity contribution is 6.00. The van der Waals surface area contributed by atoms with Crippen molar-refractivity contribution in [2.75, 3.05) is 16.0 Å². The number of hydrogen-bond acceptors (Lipinski definition) is 6. The van der Waals surface area contributed by atoms with Gasteiger partial charge in [0.05, 0.1) is 40.7 Å². The normalized spacial score (nSPS) is 14.9. The quantitative estimate of drug-likeness (QED) is 0.288. The molecule has 4 aromatic rings. The molecule has 0 aliphatic heterocycles. The number of benzene rings is 1. The molecule has 4 N–H and O–H groups in total. The van der Waals surface area contributed by atoms with Crippen molar-refractivity contribution in [1.29, 1.82) is 0 Å². The number of fused-ring (bicyclic) bond motifs is 1. The fourth-order valence-corrected chi connectivity index (χ4v) is 4.08. The van der Waals surface area contributed by atoms with Gasteiger partial charge in [0.25, 0.3) is 0 Å². The molecular formula is C27H25N7O2. The van der Waals surface area contributed by atoms with E-state index < -0.39 is 0 Å². The maximum absolute atomic E-state index is 12.3. The van der Waals surface area contributed by atoms with Crippen molar-refractivity contribution >= 4 is 45.5 Å². The van der Waals surface area contributed by atoms with Crippen LogP contribution in [0.4, 0.5) is 17.1 Å². The summed E-state index contributed by atoms with van der Waals surface area (Å²) in [6.07, 6.45) is 10.5. The van der Waals surface area contributed by atoms with Crippen LogP contribution in [0.25, 0.3) is 27.7 Å². The van der Waals surface area contributed by atoms with Gasteiger partial charge >= 0.3 is 0 Å². The summed E-state index contributed by atoms with van der Waals surface area (Å²) < 4.78 is 0. The largest absolute Gasteiger partial charge is 0.351 e. The molecule has 0 atom stereocenters. The number of pyridine rings is 2. The Morgan fingerprint density at radius 3 is 2.39 bits per heavy atom. The molecule has 9 heteroatoms. The Bertz CT molecular complexity index is 1500. The topological polar surface area (TPSA) is 125 Å². The highest BCUT2D eigenvalue weighted by atomic mass is 16.2. The molecule has 0 spiro atoms. The van der Waals surface area contributed by atoms with Crippen molar-refractivity contribution in [2.24, 2.45) is 11.8 Å². The summed E-state index contributed by atoms with van der Waals surface area (Å²) in [5, 5.41) is 17.6. The summed E-state index contributed by atoms with van der Waals surface area (Å²) in [4.78, 5) is 32.9. The molecule has 0 bridgehead atoms. The van der Waals surface area contributed by atoms with Crippen molar-refractivity contribution < 1.29 is 9.59 Å². The fraction of sp³-hybridized carbons (Fsp3) is 0.222. The number of nitrogens with one attached hydrogen (secondary N) is 4. The van der Waals surface area contributed by atoms with Gasteiger partial charge in [0, 0.05) is 35.2 Å². The summed E-state index contributed by atoms with van der Waals surface area (Å²) in [6, 6.07) is 9.64. The minimum Gasteiger partial charge on any atom is -0.351 e. The lowest BCUT2D eigenvalue weighted by atomic mass is 10.0. The van der Waals surface area contributed by atoms with Gasteiger partial charge in [-0.2, -0.15) is 5.10 Å². The second kappa shape index (κ2) is 8.92. The third-order valence-electron chi connectivity index (χ3n) is 6.45. The molecular weight excluding hydrogens is 454 g/mol. The van der Waals surface area contributed by atoms with Gasteiger partial charge in [0.1, 0.15) is 5.69 Å². The molecule has 0 unspecified atom stereocenters. The van der Waals surface area contributed by atoms with Gasteiger partial charge in [-0.3, -0.25) is 24.7 Å². The van der Waals surface area contributed by atoms with Crippen molar-refractivity contribution in [3.8, 4) is 11.1 Å². The second-order valence-corrected chi connectivity index (χ2v) is 9.35. The van der Waals surface area contributed by atoms with Crippen LogP contribution >= 0.6 is 0 Å². The molecule has 180 valence electrons. The van der Waals surface area contributed by atoms with Crippen LogP contribution in [0.3, 0.4) is 0 Å². The van der Waals surface area contributed by atoms with E-state index in [2.05, 4.69) is 42.7 Å². The van der Waals surface area contributed by atoms with Crippen molar-refractivity contribution in [1.82, 2.24) is 20.2 Å². The van der Waals surface area contributed by atoms with Gasteiger partial charge in [-0.1, -0.05) is 12.6 Å². The van der Waals surface area contributed by atoms with Crippen LogP contribution < -0.4 is 16.0 Å². The highest BCUT2D eigenvalue weighted by Crippen LogP contribution is 2.34. The Kier molecular flexibility index (Phi) is 5.44. The monoisotopic (exact) mass is 479 g/mol. The number of anilines is 3. The maximum Gasteiger partial charge on any atom is 0.227 e. The Morgan fingerprint density at radius 2 is 1.61 bits per heavy atom. The molecule has 2 aliphatic rings. The molecule has 36 heavy (non-hydrogen) atoms. The molecule has 2 amide bonds. The summed E-state index contributed by atoms with van der Waals surface area (Å²) >= 11 is 0. The Labute approximate surface area is 207 Å². The number of hydrogen-bond donors (Lipinski definition) is 4. The van der Waals surface area contributed by atoms with Gasteiger partial charge in [-0.15, -0.1) is 0 Å². The standard InChI is InChI=1S/C27H25N7O2/c1-15(30-24-14-28-9-8-23(24)32-27(36)17-4-5-17)25-21-11-18(6-7-22(21)33-34-25)19-10-20(13-29-12-19)31-26(35)16-2-3-16/h6-14,16-17,30H,1-5H2,(H,31,35)(H,33,34)(H,28,32,36). The number of amides is 2. The lowest BCUT2D eigenvalue weighted by Gasteiger charge is -2.13. The average Bonchev–Trinajstić information content (AvgIpc) is 3.81. The second-order valence-electron chi connectivity index (χ2n) is 9.35. The molecule has 9 nitrogen and oxygen atoms in total. The molecule has 0 saturated heterocycles. The van der Waals surface area contributed by atoms with Gasteiger partial charge in [-0.25, -0.2) is 0 Å². The molecule has 2 fully saturated rings.